The third-order valence-electron chi connectivity index (χ3n) is 6.15. The van der Waals surface area contributed by atoms with Gasteiger partial charge in [0.1, 0.15) is 0 Å². The summed E-state index contributed by atoms with van der Waals surface area (Å²) in [6.07, 6.45) is 6.40. The van der Waals surface area contributed by atoms with Gasteiger partial charge in [0, 0.05) is 32.6 Å². The number of nitrogens with zero attached hydrogens (tertiary/aromatic N) is 2. The molecule has 3 heterocycles. The van der Waals surface area contributed by atoms with Crippen LogP contribution in [0.1, 0.15) is 37.7 Å². The Morgan fingerprint density at radius 2 is 1.76 bits per heavy atom. The summed E-state index contributed by atoms with van der Waals surface area (Å²) in [5.74, 6) is 0. The number of hydrogen-bond acceptors (Lipinski definition) is 4. The van der Waals surface area contributed by atoms with Gasteiger partial charge in [-0.2, -0.15) is 0 Å². The zero-order chi connectivity index (χ0) is 17.0. The fourth-order valence-electron chi connectivity index (χ4n) is 4.57. The van der Waals surface area contributed by atoms with Crippen LogP contribution < -0.4 is 0 Å². The van der Waals surface area contributed by atoms with Crippen molar-refractivity contribution in [3.05, 3.63) is 35.9 Å². The Morgan fingerprint density at radius 3 is 2.52 bits per heavy atom. The number of piperidine rings is 1. The topological polar surface area (TPSA) is 24.9 Å². The van der Waals surface area contributed by atoms with Crippen molar-refractivity contribution in [1.29, 1.82) is 0 Å². The highest BCUT2D eigenvalue weighted by Gasteiger charge is 2.43. The van der Waals surface area contributed by atoms with E-state index in [4.69, 9.17) is 9.47 Å². The normalized spacial score (nSPS) is 27.3. The van der Waals surface area contributed by atoms with E-state index in [1.807, 2.05) is 0 Å². The Kier molecular flexibility index (Phi) is 5.71. The van der Waals surface area contributed by atoms with Gasteiger partial charge in [-0.3, -0.25) is 4.90 Å². The smallest absolute Gasteiger partial charge is 0.0836 e. The first-order valence-electron chi connectivity index (χ1n) is 10.1. The third-order valence-corrected chi connectivity index (χ3v) is 6.15. The van der Waals surface area contributed by atoms with Crippen LogP contribution >= 0.6 is 0 Å². The van der Waals surface area contributed by atoms with E-state index in [1.54, 1.807) is 0 Å². The zero-order valence-corrected chi connectivity index (χ0v) is 15.4. The van der Waals surface area contributed by atoms with E-state index in [0.717, 1.165) is 58.7 Å². The molecule has 3 aliphatic heterocycles. The van der Waals surface area contributed by atoms with Crippen LogP contribution in [-0.2, 0) is 16.0 Å². The highest BCUT2D eigenvalue weighted by Crippen LogP contribution is 2.37. The lowest BCUT2D eigenvalue weighted by Crippen LogP contribution is -2.44. The minimum atomic E-state index is 0.0888. The van der Waals surface area contributed by atoms with Gasteiger partial charge in [-0.25, -0.2) is 0 Å². The van der Waals surface area contributed by atoms with Gasteiger partial charge in [0.2, 0.25) is 0 Å². The first kappa shape index (κ1) is 17.5. The second-order valence-electron chi connectivity index (χ2n) is 8.00. The average Bonchev–Trinajstić information content (AvgIpc) is 3.29. The molecule has 4 heteroatoms. The summed E-state index contributed by atoms with van der Waals surface area (Å²) in [5.41, 5.74) is 1.50. The van der Waals surface area contributed by atoms with Crippen LogP contribution in [0, 0.1) is 0 Å². The second-order valence-corrected chi connectivity index (χ2v) is 8.00. The lowest BCUT2D eigenvalue weighted by Gasteiger charge is -2.38. The van der Waals surface area contributed by atoms with Crippen molar-refractivity contribution in [2.45, 2.75) is 50.4 Å². The van der Waals surface area contributed by atoms with E-state index in [2.05, 4.69) is 40.1 Å². The van der Waals surface area contributed by atoms with E-state index in [1.165, 1.54) is 31.5 Å². The summed E-state index contributed by atoms with van der Waals surface area (Å²) in [4.78, 5) is 5.08. The zero-order valence-electron chi connectivity index (χ0n) is 15.4. The monoisotopic (exact) mass is 344 g/mol. The van der Waals surface area contributed by atoms with Gasteiger partial charge in [-0.05, 0) is 44.3 Å². The first-order valence-corrected chi connectivity index (χ1v) is 10.1. The molecule has 138 valence electrons. The van der Waals surface area contributed by atoms with Crippen LogP contribution in [0.15, 0.2) is 30.3 Å². The molecule has 0 aliphatic carbocycles. The maximum atomic E-state index is 6.25. The lowest BCUT2D eigenvalue weighted by atomic mass is 9.88. The molecule has 1 aromatic rings. The molecule has 3 saturated heterocycles. The molecule has 1 spiro atoms. The molecule has 4 rings (SSSR count). The minimum absolute atomic E-state index is 0.0888. The third kappa shape index (κ3) is 4.62. The molecular formula is C21H32N2O2. The highest BCUT2D eigenvalue weighted by atomic mass is 16.6. The molecule has 4 nitrogen and oxygen atoms in total. The van der Waals surface area contributed by atoms with E-state index in [-0.39, 0.29) is 5.60 Å². The number of hydrogen-bond donors (Lipinski definition) is 0. The lowest BCUT2D eigenvalue weighted by molar-refractivity contribution is -0.0467. The van der Waals surface area contributed by atoms with Crippen LogP contribution in [0.3, 0.4) is 0 Å². The van der Waals surface area contributed by atoms with Crippen molar-refractivity contribution < 1.29 is 9.47 Å². The maximum Gasteiger partial charge on any atom is 0.0836 e. The van der Waals surface area contributed by atoms with Gasteiger partial charge >= 0.3 is 0 Å². The summed E-state index contributed by atoms with van der Waals surface area (Å²) in [5, 5.41) is 0. The van der Waals surface area contributed by atoms with Crippen LogP contribution in [0.25, 0.3) is 0 Å². The Bertz CT molecular complexity index is 522. The largest absolute Gasteiger partial charge is 0.374 e. The Labute approximate surface area is 152 Å². The second kappa shape index (κ2) is 8.17. The molecule has 0 unspecified atom stereocenters. The Hall–Kier alpha value is -0.940. The molecule has 0 saturated carbocycles. The summed E-state index contributed by atoms with van der Waals surface area (Å²) in [6, 6.07) is 10.8. The number of ether oxygens (including phenoxy) is 2. The van der Waals surface area contributed by atoms with Crippen molar-refractivity contribution in [3.63, 3.8) is 0 Å². The van der Waals surface area contributed by atoms with Gasteiger partial charge < -0.3 is 14.4 Å². The maximum absolute atomic E-state index is 6.25. The highest BCUT2D eigenvalue weighted by molar-refractivity contribution is 5.14. The fraction of sp³-hybridized carbons (Fsp3) is 0.714. The summed E-state index contributed by atoms with van der Waals surface area (Å²) in [7, 11) is 0. The molecule has 0 radical (unpaired) electrons. The number of rotatable bonds is 6. The minimum Gasteiger partial charge on any atom is -0.374 e. The predicted octanol–water partition coefficient (Wildman–Crippen LogP) is 2.92. The van der Waals surface area contributed by atoms with Crippen LogP contribution in [0.4, 0.5) is 0 Å². The Balaban J connectivity index is 1.18. The number of likely N-dealkylation sites (tertiary alicyclic amines) is 2. The SMILES string of the molecule is c1ccc(CN2CCC3(CC2)C[C@H](OCCN2CCCC2)CO3)cc1. The van der Waals surface area contributed by atoms with Crippen molar-refractivity contribution >= 4 is 0 Å². The quantitative estimate of drug-likeness (QED) is 0.792. The van der Waals surface area contributed by atoms with Gasteiger partial charge in [0.25, 0.3) is 0 Å². The van der Waals surface area contributed by atoms with Crippen molar-refractivity contribution in [2.75, 3.05) is 45.9 Å². The fourth-order valence-corrected chi connectivity index (χ4v) is 4.57. The molecule has 0 aromatic heterocycles. The van der Waals surface area contributed by atoms with Gasteiger partial charge in [0.15, 0.2) is 0 Å². The number of benzene rings is 1. The van der Waals surface area contributed by atoms with Gasteiger partial charge in [0.05, 0.1) is 24.9 Å². The summed E-state index contributed by atoms with van der Waals surface area (Å²) < 4.78 is 12.4. The molecule has 0 bridgehead atoms. The van der Waals surface area contributed by atoms with Gasteiger partial charge in [-0.1, -0.05) is 30.3 Å². The van der Waals surface area contributed by atoms with Crippen LogP contribution in [0.2, 0.25) is 0 Å². The van der Waals surface area contributed by atoms with Crippen LogP contribution in [-0.4, -0.2) is 67.4 Å². The molecule has 25 heavy (non-hydrogen) atoms. The molecule has 3 fully saturated rings. The van der Waals surface area contributed by atoms with Crippen molar-refractivity contribution in [1.82, 2.24) is 9.80 Å². The van der Waals surface area contributed by atoms with E-state index < -0.39 is 0 Å². The predicted molar refractivity (Wildman–Crippen MR) is 99.7 cm³/mol. The van der Waals surface area contributed by atoms with E-state index in [0.29, 0.717) is 6.10 Å². The molecule has 3 aliphatic rings. The standard InChI is InChI=1S/C21H32N2O2/c1-2-6-19(7-3-1)17-23-12-8-21(9-13-23)16-20(18-25-21)24-15-14-22-10-4-5-11-22/h1-3,6-7,20H,4-5,8-18H2/t20-/m0/s1. The van der Waals surface area contributed by atoms with Gasteiger partial charge in [-0.15, -0.1) is 0 Å². The summed E-state index contributed by atoms with van der Waals surface area (Å²) in [6.45, 7) is 8.59. The Morgan fingerprint density at radius 1 is 1.00 bits per heavy atom. The molecule has 1 aromatic carbocycles. The molecule has 0 amide bonds. The summed E-state index contributed by atoms with van der Waals surface area (Å²) >= 11 is 0. The van der Waals surface area contributed by atoms with E-state index in [9.17, 15) is 0 Å². The first-order chi connectivity index (χ1) is 12.3. The van der Waals surface area contributed by atoms with E-state index >= 15 is 0 Å². The van der Waals surface area contributed by atoms with Crippen molar-refractivity contribution in [3.8, 4) is 0 Å². The molecule has 0 N–H and O–H groups in total. The average molecular weight is 344 g/mol. The molecule has 1 atom stereocenters. The van der Waals surface area contributed by atoms with Crippen LogP contribution in [0.5, 0.6) is 0 Å². The van der Waals surface area contributed by atoms with Crippen molar-refractivity contribution in [2.24, 2.45) is 0 Å². The molecular weight excluding hydrogens is 312 g/mol.